The lowest BCUT2D eigenvalue weighted by Gasteiger charge is -2.30. The number of carbonyl (C=O) groups excluding carboxylic acids is 3. The van der Waals surface area contributed by atoms with Crippen molar-refractivity contribution >= 4 is 40.4 Å². The lowest BCUT2D eigenvalue weighted by atomic mass is 10.0. The first-order valence-electron chi connectivity index (χ1n) is 11.2. The summed E-state index contributed by atoms with van der Waals surface area (Å²) in [5, 5.41) is 3.29. The minimum Gasteiger partial charge on any atom is -0.339 e. The summed E-state index contributed by atoms with van der Waals surface area (Å²) in [5.41, 5.74) is 0.306. The zero-order valence-electron chi connectivity index (χ0n) is 20.5. The van der Waals surface area contributed by atoms with E-state index in [4.69, 9.17) is 0 Å². The number of nitrogens with zero attached hydrogens (tertiary/aromatic N) is 2. The van der Waals surface area contributed by atoms with Gasteiger partial charge in [0.05, 0.1) is 5.56 Å². The van der Waals surface area contributed by atoms with Gasteiger partial charge in [-0.15, -0.1) is 0 Å². The molecule has 13 heteroatoms. The minimum atomic E-state index is -4.88. The summed E-state index contributed by atoms with van der Waals surface area (Å²) >= 11 is 1.77. The molecule has 0 aliphatic rings. The van der Waals surface area contributed by atoms with Gasteiger partial charge in [0, 0.05) is 36.3 Å². The molecule has 7 nitrogen and oxygen atoms in total. The van der Waals surface area contributed by atoms with E-state index in [1.54, 1.807) is 36.4 Å². The van der Waals surface area contributed by atoms with E-state index in [0.717, 1.165) is 11.1 Å². The molecule has 0 bridgehead atoms. The van der Waals surface area contributed by atoms with E-state index in [1.165, 1.54) is 30.9 Å². The Morgan fingerprint density at radius 1 is 0.919 bits per heavy atom. The molecule has 4 amide bonds. The molecule has 2 aromatic carbocycles. The molecule has 2 aromatic rings. The number of alkyl halides is 4. The van der Waals surface area contributed by atoms with Gasteiger partial charge in [0.2, 0.25) is 0 Å². The average molecular weight is 640 g/mol. The quantitative estimate of drug-likeness (QED) is 0.139. The second-order valence-electron chi connectivity index (χ2n) is 8.02. The molecule has 0 aromatic heterocycles. The highest BCUT2D eigenvalue weighted by molar-refractivity contribution is 14.1. The predicted octanol–water partition coefficient (Wildman–Crippen LogP) is 5.45. The number of hydrogen-bond donors (Lipinski definition) is 2. The summed E-state index contributed by atoms with van der Waals surface area (Å²) < 4.78 is 66.2. The maximum atomic E-state index is 15.0. The Morgan fingerprint density at radius 2 is 1.54 bits per heavy atom. The predicted molar refractivity (Wildman–Crippen MR) is 135 cm³/mol. The number of hydrogen-bond acceptors (Lipinski definition) is 3. The Kier molecular flexibility index (Phi) is 9.85. The Bertz CT molecular complexity index is 1170. The van der Waals surface area contributed by atoms with E-state index in [0.29, 0.717) is 25.2 Å². The first-order chi connectivity index (χ1) is 17.1. The van der Waals surface area contributed by atoms with Crippen molar-refractivity contribution in [2.24, 2.45) is 0 Å². The van der Waals surface area contributed by atoms with Gasteiger partial charge < -0.3 is 10.2 Å². The Balaban J connectivity index is 2.21. The molecule has 1 unspecified atom stereocenters. The van der Waals surface area contributed by atoms with E-state index in [2.05, 4.69) is 10.7 Å². The fourth-order valence-electron chi connectivity index (χ4n) is 3.40. The van der Waals surface area contributed by atoms with Crippen molar-refractivity contribution in [1.82, 2.24) is 20.7 Å². The molecule has 0 spiro atoms. The molecular formula is C24H26F5IN4O3. The Labute approximate surface area is 224 Å². The van der Waals surface area contributed by atoms with Gasteiger partial charge in [-0.3, -0.25) is 15.0 Å². The van der Waals surface area contributed by atoms with Crippen LogP contribution >= 0.6 is 22.6 Å². The molecule has 1 atom stereocenters. The third-order valence-corrected chi connectivity index (χ3v) is 6.25. The minimum absolute atomic E-state index is 0.0416. The van der Waals surface area contributed by atoms with Crippen LogP contribution in [0.3, 0.4) is 0 Å². The van der Waals surface area contributed by atoms with E-state index in [-0.39, 0.29) is 29.6 Å². The number of rotatable bonds is 7. The summed E-state index contributed by atoms with van der Waals surface area (Å²) in [6.07, 6.45) is -4.88. The van der Waals surface area contributed by atoms with Crippen LogP contribution < -0.4 is 10.7 Å². The highest BCUT2D eigenvalue weighted by atomic mass is 127. The van der Waals surface area contributed by atoms with Gasteiger partial charge in [0.1, 0.15) is 15.2 Å². The molecule has 0 aliphatic heterocycles. The van der Waals surface area contributed by atoms with Gasteiger partial charge in [0.25, 0.3) is 11.8 Å². The summed E-state index contributed by atoms with van der Waals surface area (Å²) in [5.74, 6) is -3.52. The van der Waals surface area contributed by atoms with Crippen LogP contribution in [0.1, 0.15) is 59.5 Å². The van der Waals surface area contributed by atoms with Crippen molar-refractivity contribution in [3.63, 3.8) is 0 Å². The number of carbonyl (C=O) groups is 3. The molecule has 37 heavy (non-hydrogen) atoms. The number of hydrazine groups is 1. The van der Waals surface area contributed by atoms with E-state index in [1.807, 2.05) is 0 Å². The molecule has 0 radical (unpaired) electrons. The van der Waals surface area contributed by atoms with Crippen molar-refractivity contribution in [2.45, 2.75) is 37.4 Å². The summed E-state index contributed by atoms with van der Waals surface area (Å²) in [6.45, 7) is 7.33. The molecular weight excluding hydrogens is 614 g/mol. The van der Waals surface area contributed by atoms with E-state index >= 15 is 0 Å². The fraction of sp³-hybridized carbons (Fsp3) is 0.375. The average Bonchev–Trinajstić information content (AvgIpc) is 2.81. The lowest BCUT2D eigenvalue weighted by molar-refractivity contribution is -0.137. The van der Waals surface area contributed by atoms with Crippen LogP contribution in [0.4, 0.5) is 26.7 Å². The zero-order chi connectivity index (χ0) is 28.1. The van der Waals surface area contributed by atoms with Crippen molar-refractivity contribution in [3.05, 3.63) is 70.3 Å². The van der Waals surface area contributed by atoms with Crippen LogP contribution in [-0.4, -0.2) is 47.4 Å². The van der Waals surface area contributed by atoms with Gasteiger partial charge in [-0.25, -0.2) is 18.6 Å². The molecule has 0 saturated heterocycles. The largest absolute Gasteiger partial charge is 0.416 e. The van der Waals surface area contributed by atoms with Crippen LogP contribution in [0.2, 0.25) is 0 Å². The van der Waals surface area contributed by atoms with Crippen LogP contribution in [0, 0.1) is 11.6 Å². The summed E-state index contributed by atoms with van der Waals surface area (Å²) in [7, 11) is 0. The first kappa shape index (κ1) is 30.3. The van der Waals surface area contributed by atoms with Crippen LogP contribution in [0.15, 0.2) is 36.4 Å². The lowest BCUT2D eigenvalue weighted by Crippen LogP contribution is -2.54. The topological polar surface area (TPSA) is 81.8 Å². The smallest absolute Gasteiger partial charge is 0.339 e. The third-order valence-electron chi connectivity index (χ3n) is 5.40. The number of nitrogens with one attached hydrogen (secondary N) is 2. The molecule has 202 valence electrons. The maximum Gasteiger partial charge on any atom is 0.416 e. The van der Waals surface area contributed by atoms with Gasteiger partial charge in [-0.05, 0) is 80.6 Å². The van der Waals surface area contributed by atoms with Gasteiger partial charge in [-0.2, -0.15) is 13.2 Å². The fourth-order valence-corrected chi connectivity index (χ4v) is 4.07. The molecule has 2 rings (SSSR count). The van der Waals surface area contributed by atoms with Crippen LogP contribution in [0.5, 0.6) is 0 Å². The van der Waals surface area contributed by atoms with E-state index < -0.39 is 44.4 Å². The van der Waals surface area contributed by atoms with E-state index in [9.17, 15) is 36.3 Å². The summed E-state index contributed by atoms with van der Waals surface area (Å²) in [4.78, 5) is 39.3. The SMILES string of the molecule is CCN(CC)C(=O)c1ccc(C(C)(I)NC(=O)N(CC)NC(=O)c2cc(F)cc(C(F)(F)F)c2)c(F)c1. The molecule has 0 saturated carbocycles. The molecule has 0 aliphatic carbocycles. The molecule has 0 fully saturated rings. The standard InChI is InChI=1S/C24H26F5IN4O3/c1-5-33(6-2)21(36)14-8-9-18(19(26)12-14)23(4,30)31-22(37)34(7-3)32-20(35)15-10-16(24(27,28)29)13-17(25)11-15/h8-13H,5-7H2,1-4H3,(H,31,37)(H,32,35). The monoisotopic (exact) mass is 640 g/mol. The Morgan fingerprint density at radius 3 is 2.05 bits per heavy atom. The van der Waals surface area contributed by atoms with Crippen molar-refractivity contribution in [2.75, 3.05) is 19.6 Å². The van der Waals surface area contributed by atoms with Gasteiger partial charge >= 0.3 is 12.2 Å². The van der Waals surface area contributed by atoms with Crippen LogP contribution in [-0.2, 0) is 9.72 Å². The normalized spacial score (nSPS) is 12.9. The van der Waals surface area contributed by atoms with Gasteiger partial charge in [-0.1, -0.05) is 6.07 Å². The molecule has 0 heterocycles. The second-order valence-corrected chi connectivity index (χ2v) is 10.2. The van der Waals surface area contributed by atoms with Crippen LogP contribution in [0.25, 0.3) is 0 Å². The summed E-state index contributed by atoms with van der Waals surface area (Å²) in [6, 6.07) is 4.28. The van der Waals surface area contributed by atoms with Gasteiger partial charge in [0.15, 0.2) is 0 Å². The second kappa shape index (κ2) is 12.0. The Hall–Kier alpha value is -2.97. The number of urea groups is 1. The zero-order valence-corrected chi connectivity index (χ0v) is 22.6. The first-order valence-corrected chi connectivity index (χ1v) is 12.3. The number of benzene rings is 2. The van der Waals surface area contributed by atoms with Crippen molar-refractivity contribution in [3.8, 4) is 0 Å². The van der Waals surface area contributed by atoms with Crippen molar-refractivity contribution < 1.29 is 36.3 Å². The third kappa shape index (κ3) is 7.52. The highest BCUT2D eigenvalue weighted by Crippen LogP contribution is 2.32. The molecule has 2 N–H and O–H groups in total. The highest BCUT2D eigenvalue weighted by Gasteiger charge is 2.33. The van der Waals surface area contributed by atoms with Crippen molar-refractivity contribution in [1.29, 1.82) is 0 Å². The number of amides is 4. The number of halogens is 6. The maximum absolute atomic E-state index is 15.0.